The van der Waals surface area contributed by atoms with Crippen molar-refractivity contribution >= 4 is 46.6 Å². The zero-order valence-corrected chi connectivity index (χ0v) is 17.5. The molecule has 3 rings (SSSR count). The minimum absolute atomic E-state index is 0.0208. The number of halogens is 7. The summed E-state index contributed by atoms with van der Waals surface area (Å²) in [6, 6.07) is 2.88. The molecular weight excluding hydrogens is 466 g/mol. The van der Waals surface area contributed by atoms with E-state index in [2.05, 4.69) is 5.10 Å². The van der Waals surface area contributed by atoms with Gasteiger partial charge in [0.1, 0.15) is 5.69 Å². The minimum Gasteiger partial charge on any atom is -0.490 e. The van der Waals surface area contributed by atoms with Crippen LogP contribution in [0.4, 0.5) is 27.6 Å². The van der Waals surface area contributed by atoms with Crippen molar-refractivity contribution in [1.82, 2.24) is 0 Å². The SMILES string of the molecule is CCCOc1c(Cl)cc(/C=C2/C(=O)N(c3c(F)c(F)c(F)c(F)c3F)N=C2C)cc1Cl. The van der Waals surface area contributed by atoms with Crippen molar-refractivity contribution in [2.24, 2.45) is 5.10 Å². The summed E-state index contributed by atoms with van der Waals surface area (Å²) < 4.78 is 74.0. The Morgan fingerprint density at radius 3 is 2.03 bits per heavy atom. The zero-order chi connectivity index (χ0) is 23.0. The molecule has 0 spiro atoms. The van der Waals surface area contributed by atoms with E-state index in [9.17, 15) is 26.7 Å². The highest BCUT2D eigenvalue weighted by Gasteiger charge is 2.37. The fourth-order valence-corrected chi connectivity index (χ4v) is 3.40. The largest absolute Gasteiger partial charge is 0.490 e. The number of hydrogen-bond acceptors (Lipinski definition) is 3. The van der Waals surface area contributed by atoms with Crippen LogP contribution in [0.5, 0.6) is 5.75 Å². The molecule has 1 amide bonds. The first kappa shape index (κ1) is 23.0. The lowest BCUT2D eigenvalue weighted by atomic mass is 10.1. The number of hydrogen-bond donors (Lipinski definition) is 0. The molecule has 11 heteroatoms. The van der Waals surface area contributed by atoms with Crippen LogP contribution in [0, 0.1) is 29.1 Å². The Morgan fingerprint density at radius 1 is 1.00 bits per heavy atom. The number of anilines is 1. The van der Waals surface area contributed by atoms with Crippen molar-refractivity contribution in [3.63, 3.8) is 0 Å². The molecule has 1 heterocycles. The van der Waals surface area contributed by atoms with Gasteiger partial charge in [-0.3, -0.25) is 4.79 Å². The fraction of sp³-hybridized carbons (Fsp3) is 0.200. The second-order valence-corrected chi connectivity index (χ2v) is 7.26. The van der Waals surface area contributed by atoms with Gasteiger partial charge >= 0.3 is 0 Å². The second-order valence-electron chi connectivity index (χ2n) is 6.44. The van der Waals surface area contributed by atoms with Crippen LogP contribution < -0.4 is 9.75 Å². The molecule has 0 saturated carbocycles. The van der Waals surface area contributed by atoms with Crippen LogP contribution in [0.1, 0.15) is 25.8 Å². The van der Waals surface area contributed by atoms with Gasteiger partial charge in [0.2, 0.25) is 5.82 Å². The number of carbonyl (C=O) groups excluding carboxylic acids is 1. The summed E-state index contributed by atoms with van der Waals surface area (Å²) in [4.78, 5) is 12.7. The van der Waals surface area contributed by atoms with Crippen LogP contribution in [0.25, 0.3) is 6.08 Å². The van der Waals surface area contributed by atoms with E-state index in [-0.39, 0.29) is 32.1 Å². The minimum atomic E-state index is -2.34. The molecule has 0 unspecified atom stereocenters. The summed E-state index contributed by atoms with van der Waals surface area (Å²) in [5.41, 5.74) is -1.31. The lowest BCUT2D eigenvalue weighted by Gasteiger charge is -2.15. The van der Waals surface area contributed by atoms with Crippen LogP contribution in [-0.2, 0) is 4.79 Å². The Kier molecular flexibility index (Phi) is 6.56. The lowest BCUT2D eigenvalue weighted by molar-refractivity contribution is -0.114. The molecule has 164 valence electrons. The van der Waals surface area contributed by atoms with Gasteiger partial charge in [-0.05, 0) is 37.1 Å². The third-order valence-electron chi connectivity index (χ3n) is 4.24. The maximum absolute atomic E-state index is 14.1. The van der Waals surface area contributed by atoms with Crippen LogP contribution in [0.2, 0.25) is 10.0 Å². The van der Waals surface area contributed by atoms with Crippen molar-refractivity contribution in [3.8, 4) is 5.75 Å². The van der Waals surface area contributed by atoms with Crippen LogP contribution in [0.15, 0.2) is 22.8 Å². The van der Waals surface area contributed by atoms with Gasteiger partial charge in [0, 0.05) is 0 Å². The number of nitrogens with zero attached hydrogens (tertiary/aromatic N) is 2. The van der Waals surface area contributed by atoms with E-state index in [4.69, 9.17) is 27.9 Å². The Balaban J connectivity index is 2.02. The molecule has 31 heavy (non-hydrogen) atoms. The number of benzene rings is 2. The molecule has 2 aromatic carbocycles. The standard InChI is InChI=1S/C20H13Cl2F5N2O2/c1-3-4-31-19-11(21)6-9(7-12(19)22)5-10-8(2)28-29(20(10)30)18-16(26)14(24)13(23)15(25)17(18)27/h5-7H,3-4H2,1-2H3/b10-5+. The Morgan fingerprint density at radius 2 is 1.52 bits per heavy atom. The number of hydrazone groups is 1. The van der Waals surface area contributed by atoms with E-state index >= 15 is 0 Å². The number of amides is 1. The average molecular weight is 479 g/mol. The Labute approximate surface area is 183 Å². The van der Waals surface area contributed by atoms with E-state index in [0.717, 1.165) is 6.42 Å². The summed E-state index contributed by atoms with van der Waals surface area (Å²) in [5, 5.41) is 4.10. The van der Waals surface area contributed by atoms with E-state index in [1.807, 2.05) is 6.92 Å². The predicted molar refractivity (Wildman–Crippen MR) is 107 cm³/mol. The van der Waals surface area contributed by atoms with Gasteiger partial charge in [0.15, 0.2) is 29.0 Å². The summed E-state index contributed by atoms with van der Waals surface area (Å²) in [7, 11) is 0. The van der Waals surface area contributed by atoms with Crippen LogP contribution in [-0.4, -0.2) is 18.2 Å². The topological polar surface area (TPSA) is 41.9 Å². The van der Waals surface area contributed by atoms with E-state index in [0.29, 0.717) is 12.2 Å². The Bertz CT molecular complexity index is 1100. The lowest BCUT2D eigenvalue weighted by Crippen LogP contribution is -2.25. The van der Waals surface area contributed by atoms with Gasteiger partial charge < -0.3 is 4.74 Å². The monoisotopic (exact) mass is 478 g/mol. The van der Waals surface area contributed by atoms with Gasteiger partial charge in [-0.1, -0.05) is 30.1 Å². The van der Waals surface area contributed by atoms with Gasteiger partial charge in [-0.2, -0.15) is 10.1 Å². The van der Waals surface area contributed by atoms with E-state index in [1.54, 1.807) is 0 Å². The molecular formula is C20H13Cl2F5N2O2. The van der Waals surface area contributed by atoms with E-state index < -0.39 is 40.7 Å². The van der Waals surface area contributed by atoms with Crippen LogP contribution in [0.3, 0.4) is 0 Å². The first-order valence-corrected chi connectivity index (χ1v) is 9.59. The van der Waals surface area contributed by atoms with Crippen molar-refractivity contribution in [2.45, 2.75) is 20.3 Å². The van der Waals surface area contributed by atoms with Crippen LogP contribution >= 0.6 is 23.2 Å². The summed E-state index contributed by atoms with van der Waals surface area (Å²) >= 11 is 12.3. The fourth-order valence-electron chi connectivity index (χ4n) is 2.79. The molecule has 0 fully saturated rings. The second kappa shape index (κ2) is 8.84. The molecule has 0 bridgehead atoms. The highest BCUT2D eigenvalue weighted by molar-refractivity contribution is 6.37. The molecule has 0 aliphatic carbocycles. The molecule has 1 aliphatic heterocycles. The van der Waals surface area contributed by atoms with Crippen molar-refractivity contribution in [1.29, 1.82) is 0 Å². The third kappa shape index (κ3) is 4.12. The number of ether oxygens (including phenoxy) is 1. The van der Waals surface area contributed by atoms with Crippen molar-refractivity contribution in [3.05, 3.63) is 62.4 Å². The first-order chi connectivity index (χ1) is 14.6. The first-order valence-electron chi connectivity index (χ1n) is 8.83. The highest BCUT2D eigenvalue weighted by atomic mass is 35.5. The van der Waals surface area contributed by atoms with Gasteiger partial charge in [0.25, 0.3) is 5.91 Å². The smallest absolute Gasteiger partial charge is 0.280 e. The van der Waals surface area contributed by atoms with Gasteiger partial charge in [0.05, 0.1) is 27.9 Å². The Hall–Kier alpha value is -2.65. The van der Waals surface area contributed by atoms with E-state index in [1.165, 1.54) is 25.1 Å². The molecule has 0 aromatic heterocycles. The summed E-state index contributed by atoms with van der Waals surface area (Å²) in [6.07, 6.45) is 1.99. The summed E-state index contributed by atoms with van der Waals surface area (Å²) in [5.74, 6) is -11.9. The van der Waals surface area contributed by atoms with Crippen molar-refractivity contribution < 1.29 is 31.5 Å². The zero-order valence-electron chi connectivity index (χ0n) is 16.0. The predicted octanol–water partition coefficient (Wildman–Crippen LogP) is 6.28. The molecule has 0 atom stereocenters. The van der Waals surface area contributed by atoms with Gasteiger partial charge in [-0.25, -0.2) is 22.0 Å². The molecule has 1 aliphatic rings. The normalized spacial score (nSPS) is 15.1. The maximum atomic E-state index is 14.1. The summed E-state index contributed by atoms with van der Waals surface area (Å²) in [6.45, 7) is 3.60. The molecule has 0 radical (unpaired) electrons. The number of rotatable bonds is 5. The molecule has 2 aromatic rings. The maximum Gasteiger partial charge on any atom is 0.280 e. The highest BCUT2D eigenvalue weighted by Crippen LogP contribution is 2.37. The van der Waals surface area contributed by atoms with Gasteiger partial charge in [-0.15, -0.1) is 0 Å². The average Bonchev–Trinajstić information content (AvgIpc) is 2.98. The molecule has 0 saturated heterocycles. The third-order valence-corrected chi connectivity index (χ3v) is 4.80. The number of carbonyl (C=O) groups is 1. The molecule has 0 N–H and O–H groups in total. The quantitative estimate of drug-likeness (QED) is 0.219. The van der Waals surface area contributed by atoms with Crippen molar-refractivity contribution in [2.75, 3.05) is 11.6 Å². The molecule has 4 nitrogen and oxygen atoms in total.